The second kappa shape index (κ2) is 9.81. The van der Waals surface area contributed by atoms with Crippen molar-refractivity contribution < 1.29 is 0 Å². The van der Waals surface area contributed by atoms with Gasteiger partial charge in [0.25, 0.3) is 0 Å². The van der Waals surface area contributed by atoms with Gasteiger partial charge in [-0.1, -0.05) is 96.1 Å². The highest BCUT2D eigenvalue weighted by atomic mass is 32.2. The first-order chi connectivity index (χ1) is 17.7. The van der Waals surface area contributed by atoms with Gasteiger partial charge in [-0.15, -0.1) is 0 Å². The first-order valence-electron chi connectivity index (χ1n) is 12.0. The van der Waals surface area contributed by atoms with Crippen LogP contribution < -0.4 is 8.61 Å². The molecule has 2 aliphatic heterocycles. The summed E-state index contributed by atoms with van der Waals surface area (Å²) in [6.07, 6.45) is 4.56. The zero-order chi connectivity index (χ0) is 24.5. The minimum absolute atomic E-state index is 1.18. The fourth-order valence-electron chi connectivity index (χ4n) is 4.31. The van der Waals surface area contributed by atoms with Crippen molar-refractivity contribution in [2.45, 2.75) is 13.8 Å². The summed E-state index contributed by atoms with van der Waals surface area (Å²) in [6, 6.07) is 38.9. The molecular formula is C32H26N2S2. The molecular weight excluding hydrogens is 477 g/mol. The molecule has 0 unspecified atom stereocenters. The van der Waals surface area contributed by atoms with Crippen molar-refractivity contribution in [3.05, 3.63) is 154 Å². The second-order valence-corrected chi connectivity index (χ2v) is 10.9. The highest BCUT2D eigenvalue weighted by molar-refractivity contribution is 8.09. The molecule has 0 amide bonds. The van der Waals surface area contributed by atoms with Gasteiger partial charge in [-0.2, -0.15) is 0 Å². The van der Waals surface area contributed by atoms with E-state index in [1.807, 2.05) is 0 Å². The number of benzene rings is 4. The van der Waals surface area contributed by atoms with Crippen LogP contribution in [0.25, 0.3) is 11.1 Å². The van der Waals surface area contributed by atoms with Crippen molar-refractivity contribution in [1.82, 2.24) is 0 Å². The van der Waals surface area contributed by atoms with Gasteiger partial charge in [-0.05, 0) is 73.1 Å². The smallest absolute Gasteiger partial charge is 0.0544 e. The molecule has 4 heteroatoms. The van der Waals surface area contributed by atoms with Crippen LogP contribution in [0.2, 0.25) is 0 Å². The lowest BCUT2D eigenvalue weighted by atomic mass is 10.0. The fraction of sp³-hybridized carbons (Fsp3) is 0.0625. The Morgan fingerprint density at radius 3 is 1.17 bits per heavy atom. The van der Waals surface area contributed by atoms with E-state index in [0.717, 1.165) is 0 Å². The summed E-state index contributed by atoms with van der Waals surface area (Å²) in [5.41, 5.74) is 9.84. The minimum Gasteiger partial charge on any atom is -0.287 e. The van der Waals surface area contributed by atoms with Crippen LogP contribution in [0, 0.1) is 13.8 Å². The zero-order valence-electron chi connectivity index (χ0n) is 20.3. The van der Waals surface area contributed by atoms with Crippen LogP contribution in [0.1, 0.15) is 22.3 Å². The third-order valence-electron chi connectivity index (χ3n) is 6.31. The third-order valence-corrected chi connectivity index (χ3v) is 8.68. The Labute approximate surface area is 221 Å². The standard InChI is InChI=1S/C32H26N2S2/c1-23-13-17-27(18-14-23)33-21-29(25-9-5-3-6-10-25)31(35-33)32-30(26-11-7-4-8-12-26)22-34(36-32)28-19-15-24(2)16-20-28/h3-22H,1-2H3/b32-31+. The topological polar surface area (TPSA) is 6.48 Å². The molecule has 0 aliphatic carbocycles. The summed E-state index contributed by atoms with van der Waals surface area (Å²) in [5.74, 6) is 0. The number of aryl methyl sites for hydroxylation is 2. The Morgan fingerprint density at radius 2 is 0.806 bits per heavy atom. The monoisotopic (exact) mass is 502 g/mol. The molecule has 6 rings (SSSR count). The van der Waals surface area contributed by atoms with E-state index in [4.69, 9.17) is 0 Å². The number of hydrogen-bond donors (Lipinski definition) is 0. The van der Waals surface area contributed by atoms with Crippen LogP contribution >= 0.6 is 23.9 Å². The molecule has 0 radical (unpaired) electrons. The highest BCUT2D eigenvalue weighted by Crippen LogP contribution is 2.54. The summed E-state index contributed by atoms with van der Waals surface area (Å²) in [5, 5.41) is 0. The van der Waals surface area contributed by atoms with Gasteiger partial charge in [-0.3, -0.25) is 8.61 Å². The van der Waals surface area contributed by atoms with Crippen molar-refractivity contribution in [3.8, 4) is 0 Å². The summed E-state index contributed by atoms with van der Waals surface area (Å²) in [4.78, 5) is 2.55. The molecule has 0 atom stereocenters. The van der Waals surface area contributed by atoms with Gasteiger partial charge >= 0.3 is 0 Å². The van der Waals surface area contributed by atoms with E-state index in [9.17, 15) is 0 Å². The number of rotatable bonds is 4. The molecule has 176 valence electrons. The van der Waals surface area contributed by atoms with E-state index in [1.54, 1.807) is 23.9 Å². The van der Waals surface area contributed by atoms with Gasteiger partial charge in [0, 0.05) is 23.5 Å². The summed E-state index contributed by atoms with van der Waals surface area (Å²) >= 11 is 3.60. The molecule has 0 bridgehead atoms. The van der Waals surface area contributed by atoms with Crippen LogP contribution in [0.15, 0.2) is 131 Å². The quantitative estimate of drug-likeness (QED) is 0.256. The fourth-order valence-corrected chi connectivity index (χ4v) is 6.62. The van der Waals surface area contributed by atoms with Gasteiger partial charge in [0.2, 0.25) is 0 Å². The maximum atomic E-state index is 2.29. The van der Waals surface area contributed by atoms with Crippen LogP contribution in [0.4, 0.5) is 11.4 Å². The lowest BCUT2D eigenvalue weighted by Crippen LogP contribution is -2.01. The Morgan fingerprint density at radius 1 is 0.444 bits per heavy atom. The largest absolute Gasteiger partial charge is 0.287 e. The van der Waals surface area contributed by atoms with Gasteiger partial charge in [0.15, 0.2) is 0 Å². The lowest BCUT2D eigenvalue weighted by Gasteiger charge is -2.17. The molecule has 2 aliphatic rings. The molecule has 0 spiro atoms. The molecule has 0 aromatic heterocycles. The van der Waals surface area contributed by atoms with Crippen molar-refractivity contribution in [1.29, 1.82) is 0 Å². The van der Waals surface area contributed by atoms with Gasteiger partial charge in [-0.25, -0.2) is 0 Å². The van der Waals surface area contributed by atoms with Crippen molar-refractivity contribution in [3.63, 3.8) is 0 Å². The van der Waals surface area contributed by atoms with E-state index >= 15 is 0 Å². The average molecular weight is 503 g/mol. The molecule has 0 N–H and O–H groups in total. The van der Waals surface area contributed by atoms with Crippen molar-refractivity contribution in [2.75, 3.05) is 8.61 Å². The van der Waals surface area contributed by atoms with E-state index < -0.39 is 0 Å². The first-order valence-corrected chi connectivity index (χ1v) is 13.6. The lowest BCUT2D eigenvalue weighted by molar-refractivity contribution is 1.41. The maximum absolute atomic E-state index is 2.29. The minimum atomic E-state index is 1.18. The Balaban J connectivity index is 1.49. The van der Waals surface area contributed by atoms with Gasteiger partial charge in [0.05, 0.1) is 21.2 Å². The van der Waals surface area contributed by atoms with Crippen LogP contribution in [0.5, 0.6) is 0 Å². The molecule has 2 heterocycles. The molecule has 0 saturated carbocycles. The van der Waals surface area contributed by atoms with Crippen LogP contribution in [-0.4, -0.2) is 0 Å². The number of hydrogen-bond acceptors (Lipinski definition) is 4. The Kier molecular flexibility index (Phi) is 6.22. The van der Waals surface area contributed by atoms with Crippen LogP contribution in [-0.2, 0) is 0 Å². The SMILES string of the molecule is Cc1ccc(N2C=C(c3ccccc3)/C(=C3\SN(c4ccc(C)cc4)C=C3c3ccccc3)S2)cc1. The van der Waals surface area contributed by atoms with Crippen molar-refractivity contribution in [2.24, 2.45) is 0 Å². The molecule has 0 saturated heterocycles. The molecule has 36 heavy (non-hydrogen) atoms. The average Bonchev–Trinajstić information content (AvgIpc) is 3.56. The van der Waals surface area contributed by atoms with Crippen molar-refractivity contribution >= 4 is 46.4 Å². The number of allylic oxidation sites excluding steroid dienone is 2. The summed E-state index contributed by atoms with van der Waals surface area (Å²) in [6.45, 7) is 4.26. The number of anilines is 2. The van der Waals surface area contributed by atoms with E-state index in [1.165, 1.54) is 54.6 Å². The Hall–Kier alpha value is -3.60. The van der Waals surface area contributed by atoms with Crippen LogP contribution in [0.3, 0.4) is 0 Å². The zero-order valence-corrected chi connectivity index (χ0v) is 21.9. The van der Waals surface area contributed by atoms with Gasteiger partial charge in [0.1, 0.15) is 0 Å². The van der Waals surface area contributed by atoms with E-state index in [-0.39, 0.29) is 0 Å². The highest BCUT2D eigenvalue weighted by Gasteiger charge is 2.32. The normalized spacial score (nSPS) is 17.4. The molecule has 0 fully saturated rings. The maximum Gasteiger partial charge on any atom is 0.0544 e. The predicted octanol–water partition coefficient (Wildman–Crippen LogP) is 9.23. The molecule has 4 aromatic rings. The number of nitrogens with zero attached hydrogens (tertiary/aromatic N) is 2. The van der Waals surface area contributed by atoms with E-state index in [2.05, 4.69) is 144 Å². The summed E-state index contributed by atoms with van der Waals surface area (Å²) in [7, 11) is 0. The summed E-state index contributed by atoms with van der Waals surface area (Å²) < 4.78 is 4.59. The Bertz CT molecular complexity index is 1350. The predicted molar refractivity (Wildman–Crippen MR) is 158 cm³/mol. The first kappa shape index (κ1) is 22.8. The van der Waals surface area contributed by atoms with Gasteiger partial charge < -0.3 is 0 Å². The third kappa shape index (κ3) is 4.50. The molecule has 2 nitrogen and oxygen atoms in total. The van der Waals surface area contributed by atoms with E-state index in [0.29, 0.717) is 0 Å². The second-order valence-electron chi connectivity index (χ2n) is 8.98. The molecule has 4 aromatic carbocycles.